The predicted octanol–water partition coefficient (Wildman–Crippen LogP) is 2.89. The van der Waals surface area contributed by atoms with Crippen molar-refractivity contribution in [3.05, 3.63) is 42.0 Å². The van der Waals surface area contributed by atoms with Gasteiger partial charge in [0.2, 0.25) is 0 Å². The SMILES string of the molecule is Cc1ccc(OC2(C)CNC2)c2ccccc12. The van der Waals surface area contributed by atoms with Gasteiger partial charge in [0.05, 0.1) is 0 Å². The Kier molecular flexibility index (Phi) is 2.33. The van der Waals surface area contributed by atoms with Gasteiger partial charge in [0.25, 0.3) is 0 Å². The van der Waals surface area contributed by atoms with E-state index in [4.69, 9.17) is 4.74 Å². The highest BCUT2D eigenvalue weighted by Gasteiger charge is 2.34. The first kappa shape index (κ1) is 10.6. The molecule has 1 heterocycles. The molecule has 1 aliphatic rings. The van der Waals surface area contributed by atoms with Crippen LogP contribution in [0.4, 0.5) is 0 Å². The molecule has 2 aromatic carbocycles. The Balaban J connectivity index is 2.07. The van der Waals surface area contributed by atoms with E-state index in [2.05, 4.69) is 55.6 Å². The van der Waals surface area contributed by atoms with Crippen molar-refractivity contribution in [3.8, 4) is 5.75 Å². The zero-order chi connectivity index (χ0) is 11.9. The van der Waals surface area contributed by atoms with Gasteiger partial charge in [-0.25, -0.2) is 0 Å². The van der Waals surface area contributed by atoms with Gasteiger partial charge in [-0.2, -0.15) is 0 Å². The summed E-state index contributed by atoms with van der Waals surface area (Å²) in [6.45, 7) is 6.14. The van der Waals surface area contributed by atoms with E-state index in [1.54, 1.807) is 0 Å². The Labute approximate surface area is 102 Å². The molecule has 0 aromatic heterocycles. The van der Waals surface area contributed by atoms with Gasteiger partial charge in [0.15, 0.2) is 0 Å². The fraction of sp³-hybridized carbons (Fsp3) is 0.333. The molecule has 0 spiro atoms. The number of hydrogen-bond donors (Lipinski definition) is 1. The van der Waals surface area contributed by atoms with Gasteiger partial charge in [0.1, 0.15) is 11.4 Å². The molecule has 1 aliphatic heterocycles. The predicted molar refractivity (Wildman–Crippen MR) is 70.6 cm³/mol. The summed E-state index contributed by atoms with van der Waals surface area (Å²) in [5.41, 5.74) is 1.25. The van der Waals surface area contributed by atoms with Crippen molar-refractivity contribution in [1.29, 1.82) is 0 Å². The van der Waals surface area contributed by atoms with Gasteiger partial charge >= 0.3 is 0 Å². The largest absolute Gasteiger partial charge is 0.484 e. The molecule has 1 N–H and O–H groups in total. The van der Waals surface area contributed by atoms with E-state index in [0.29, 0.717) is 0 Å². The van der Waals surface area contributed by atoms with E-state index < -0.39 is 0 Å². The minimum Gasteiger partial charge on any atom is -0.484 e. The second-order valence-electron chi connectivity index (χ2n) is 5.08. The van der Waals surface area contributed by atoms with Crippen molar-refractivity contribution in [3.63, 3.8) is 0 Å². The molecular formula is C15H17NO. The molecule has 0 unspecified atom stereocenters. The molecule has 2 nitrogen and oxygen atoms in total. The van der Waals surface area contributed by atoms with Gasteiger partial charge in [-0.1, -0.05) is 30.3 Å². The number of rotatable bonds is 2. The third-order valence-corrected chi connectivity index (χ3v) is 3.46. The first-order valence-corrected chi connectivity index (χ1v) is 6.06. The van der Waals surface area contributed by atoms with Gasteiger partial charge in [0, 0.05) is 18.5 Å². The van der Waals surface area contributed by atoms with Crippen LogP contribution in [0.25, 0.3) is 10.8 Å². The van der Waals surface area contributed by atoms with Crippen LogP contribution in [0.3, 0.4) is 0 Å². The van der Waals surface area contributed by atoms with Crippen molar-refractivity contribution < 1.29 is 4.74 Å². The lowest BCUT2D eigenvalue weighted by Gasteiger charge is -2.39. The standard InChI is InChI=1S/C15H17NO/c1-11-7-8-14(17-15(2)9-16-10-15)13-6-4-3-5-12(11)13/h3-8,16H,9-10H2,1-2H3. The lowest BCUT2D eigenvalue weighted by atomic mass is 9.99. The molecular weight excluding hydrogens is 210 g/mol. The zero-order valence-electron chi connectivity index (χ0n) is 10.3. The van der Waals surface area contributed by atoms with Gasteiger partial charge in [-0.3, -0.25) is 0 Å². The normalized spacial score (nSPS) is 17.8. The molecule has 0 bridgehead atoms. The van der Waals surface area contributed by atoms with E-state index >= 15 is 0 Å². The summed E-state index contributed by atoms with van der Waals surface area (Å²) in [4.78, 5) is 0. The van der Waals surface area contributed by atoms with E-state index in [1.165, 1.54) is 16.3 Å². The van der Waals surface area contributed by atoms with Crippen molar-refractivity contribution in [2.45, 2.75) is 19.4 Å². The highest BCUT2D eigenvalue weighted by Crippen LogP contribution is 2.31. The topological polar surface area (TPSA) is 21.3 Å². The maximum atomic E-state index is 6.14. The second-order valence-corrected chi connectivity index (χ2v) is 5.08. The average Bonchev–Trinajstić information content (AvgIpc) is 2.31. The fourth-order valence-electron chi connectivity index (χ4n) is 2.33. The van der Waals surface area contributed by atoms with Gasteiger partial charge in [-0.05, 0) is 30.9 Å². The molecule has 3 rings (SSSR count). The summed E-state index contributed by atoms with van der Waals surface area (Å²) < 4.78 is 6.14. The number of hydrogen-bond acceptors (Lipinski definition) is 2. The highest BCUT2D eigenvalue weighted by molar-refractivity contribution is 5.90. The first-order chi connectivity index (χ1) is 8.18. The third-order valence-electron chi connectivity index (χ3n) is 3.46. The molecule has 1 saturated heterocycles. The third kappa shape index (κ3) is 1.79. The molecule has 1 fully saturated rings. The zero-order valence-corrected chi connectivity index (χ0v) is 10.3. The maximum Gasteiger partial charge on any atom is 0.131 e. The average molecular weight is 227 g/mol. The van der Waals surface area contributed by atoms with Gasteiger partial charge in [-0.15, -0.1) is 0 Å². The van der Waals surface area contributed by atoms with Crippen LogP contribution in [-0.4, -0.2) is 18.7 Å². The number of benzene rings is 2. The number of nitrogens with one attached hydrogen (secondary N) is 1. The lowest BCUT2D eigenvalue weighted by molar-refractivity contribution is 0.0364. The van der Waals surface area contributed by atoms with Crippen LogP contribution in [0.2, 0.25) is 0 Å². The van der Waals surface area contributed by atoms with Crippen LogP contribution in [0.15, 0.2) is 36.4 Å². The number of ether oxygens (including phenoxy) is 1. The fourth-order valence-corrected chi connectivity index (χ4v) is 2.33. The van der Waals surface area contributed by atoms with Crippen LogP contribution in [0.5, 0.6) is 5.75 Å². The molecule has 88 valence electrons. The van der Waals surface area contributed by atoms with Gasteiger partial charge < -0.3 is 10.1 Å². The molecule has 0 saturated carbocycles. The quantitative estimate of drug-likeness (QED) is 0.851. The Morgan fingerprint density at radius 2 is 1.76 bits per heavy atom. The smallest absolute Gasteiger partial charge is 0.131 e. The number of aryl methyl sites for hydroxylation is 1. The summed E-state index contributed by atoms with van der Waals surface area (Å²) in [6, 6.07) is 12.6. The van der Waals surface area contributed by atoms with Crippen LogP contribution < -0.4 is 10.1 Å². The van der Waals surface area contributed by atoms with Crippen molar-refractivity contribution >= 4 is 10.8 Å². The Morgan fingerprint density at radius 3 is 2.41 bits per heavy atom. The first-order valence-electron chi connectivity index (χ1n) is 6.06. The summed E-state index contributed by atoms with van der Waals surface area (Å²) in [5.74, 6) is 0.996. The second kappa shape index (κ2) is 3.74. The van der Waals surface area contributed by atoms with Crippen LogP contribution >= 0.6 is 0 Å². The Morgan fingerprint density at radius 1 is 1.06 bits per heavy atom. The van der Waals surface area contributed by atoms with E-state index in [9.17, 15) is 0 Å². The molecule has 0 aliphatic carbocycles. The summed E-state index contributed by atoms with van der Waals surface area (Å²) in [7, 11) is 0. The molecule has 17 heavy (non-hydrogen) atoms. The van der Waals surface area contributed by atoms with E-state index in [0.717, 1.165) is 18.8 Å². The van der Waals surface area contributed by atoms with Crippen molar-refractivity contribution in [2.24, 2.45) is 0 Å². The van der Waals surface area contributed by atoms with Crippen LogP contribution in [0.1, 0.15) is 12.5 Å². The minimum absolute atomic E-state index is 0.0436. The Hall–Kier alpha value is -1.54. The minimum atomic E-state index is -0.0436. The summed E-state index contributed by atoms with van der Waals surface area (Å²) in [6.07, 6.45) is 0. The summed E-state index contributed by atoms with van der Waals surface area (Å²) in [5, 5.41) is 5.74. The van der Waals surface area contributed by atoms with Crippen LogP contribution in [-0.2, 0) is 0 Å². The maximum absolute atomic E-state index is 6.14. The molecule has 2 aromatic rings. The summed E-state index contributed by atoms with van der Waals surface area (Å²) >= 11 is 0. The molecule has 0 amide bonds. The molecule has 0 radical (unpaired) electrons. The lowest BCUT2D eigenvalue weighted by Crippen LogP contribution is -2.61. The highest BCUT2D eigenvalue weighted by atomic mass is 16.5. The molecule has 2 heteroatoms. The van der Waals surface area contributed by atoms with Crippen molar-refractivity contribution in [2.75, 3.05) is 13.1 Å². The van der Waals surface area contributed by atoms with Crippen molar-refractivity contribution in [1.82, 2.24) is 5.32 Å². The monoisotopic (exact) mass is 227 g/mol. The van der Waals surface area contributed by atoms with E-state index in [-0.39, 0.29) is 5.60 Å². The molecule has 0 atom stereocenters. The van der Waals surface area contributed by atoms with Crippen LogP contribution in [0, 0.1) is 6.92 Å². The number of fused-ring (bicyclic) bond motifs is 1. The van der Waals surface area contributed by atoms with E-state index in [1.807, 2.05) is 0 Å². The Bertz CT molecular complexity index is 558.